The molecule has 1 aromatic carbocycles. The van der Waals surface area contributed by atoms with E-state index in [-0.39, 0.29) is 17.7 Å². The van der Waals surface area contributed by atoms with Gasteiger partial charge in [-0.2, -0.15) is 17.7 Å². The Bertz CT molecular complexity index is 1320. The highest BCUT2D eigenvalue weighted by Gasteiger charge is 2.22. The number of carboxylic acids is 1. The summed E-state index contributed by atoms with van der Waals surface area (Å²) in [7, 11) is 1.57. The van der Waals surface area contributed by atoms with Crippen LogP contribution in [0.4, 0.5) is 0 Å². The van der Waals surface area contributed by atoms with Gasteiger partial charge in [0.2, 0.25) is 0 Å². The zero-order chi connectivity index (χ0) is 21.4. The number of hydrogen-bond donors (Lipinski definition) is 2. The first-order valence-corrected chi connectivity index (χ1v) is 9.97. The quantitative estimate of drug-likeness (QED) is 0.443. The highest BCUT2D eigenvalue weighted by Crippen LogP contribution is 2.30. The second-order valence-corrected chi connectivity index (χ2v) is 7.42. The summed E-state index contributed by atoms with van der Waals surface area (Å²) in [6.07, 6.45) is 2.89. The van der Waals surface area contributed by atoms with E-state index in [1.54, 1.807) is 29.8 Å². The number of rotatable bonds is 6. The number of aliphatic carboxylic acids is 1. The van der Waals surface area contributed by atoms with E-state index in [0.29, 0.717) is 21.9 Å². The molecule has 1 unspecified atom stereocenters. The smallest absolute Gasteiger partial charge is 0.327 e. The standard InChI is InChI=1S/C20H17ClN4O4S/c1-29-9-14-17(11-2-4-12(21)5-3-11)18-22-8-13-15(25(18)23-14)6-7-24(19(13)26)16(10-30)20(27)28/h2-8,16,30H,9-10H2,1H3,(H,27,28). The molecular formula is C20H17ClN4O4S. The number of carboxylic acid groups (broad SMARTS) is 1. The van der Waals surface area contributed by atoms with Crippen LogP contribution in [0.1, 0.15) is 11.7 Å². The lowest BCUT2D eigenvalue weighted by atomic mass is 10.1. The summed E-state index contributed by atoms with van der Waals surface area (Å²) in [6, 6.07) is 7.87. The maximum absolute atomic E-state index is 12.9. The monoisotopic (exact) mass is 444 g/mol. The molecule has 0 saturated heterocycles. The van der Waals surface area contributed by atoms with Crippen LogP contribution in [0.15, 0.2) is 47.5 Å². The Labute approximate surface area is 181 Å². The summed E-state index contributed by atoms with van der Waals surface area (Å²) in [5.74, 6) is -1.15. The van der Waals surface area contributed by atoms with Crippen molar-refractivity contribution >= 4 is 46.7 Å². The minimum atomic E-state index is -1.13. The molecule has 4 aromatic rings. The largest absolute Gasteiger partial charge is 0.480 e. The number of ether oxygens (including phenoxy) is 1. The van der Waals surface area contributed by atoms with Gasteiger partial charge in [-0.1, -0.05) is 23.7 Å². The van der Waals surface area contributed by atoms with Crippen LogP contribution in [0, 0.1) is 0 Å². The lowest BCUT2D eigenvalue weighted by Gasteiger charge is -2.14. The molecule has 4 rings (SSSR count). The van der Waals surface area contributed by atoms with Crippen LogP contribution in [0.2, 0.25) is 5.02 Å². The number of nitrogens with zero attached hydrogens (tertiary/aromatic N) is 4. The van der Waals surface area contributed by atoms with E-state index in [9.17, 15) is 14.7 Å². The van der Waals surface area contributed by atoms with Crippen LogP contribution in [0.25, 0.3) is 27.7 Å². The van der Waals surface area contributed by atoms with Gasteiger partial charge < -0.3 is 9.84 Å². The molecule has 3 heterocycles. The first kappa shape index (κ1) is 20.4. The number of aromatic nitrogens is 4. The van der Waals surface area contributed by atoms with Gasteiger partial charge in [0, 0.05) is 30.3 Å². The number of carbonyl (C=O) groups is 1. The van der Waals surface area contributed by atoms with E-state index in [1.807, 2.05) is 12.1 Å². The van der Waals surface area contributed by atoms with Gasteiger partial charge in [0.25, 0.3) is 5.56 Å². The van der Waals surface area contributed by atoms with Crippen LogP contribution in [0.5, 0.6) is 0 Å². The number of pyridine rings is 1. The molecule has 8 nitrogen and oxygen atoms in total. The average molecular weight is 445 g/mol. The molecule has 154 valence electrons. The molecule has 30 heavy (non-hydrogen) atoms. The van der Waals surface area contributed by atoms with Gasteiger partial charge in [0.05, 0.1) is 28.8 Å². The summed E-state index contributed by atoms with van der Waals surface area (Å²) in [6.45, 7) is 0.251. The van der Waals surface area contributed by atoms with Gasteiger partial charge in [-0.3, -0.25) is 9.36 Å². The van der Waals surface area contributed by atoms with Crippen LogP contribution >= 0.6 is 24.2 Å². The van der Waals surface area contributed by atoms with Crippen LogP contribution in [-0.2, 0) is 16.1 Å². The topological polar surface area (TPSA) is 98.7 Å². The molecule has 0 radical (unpaired) electrons. The van der Waals surface area contributed by atoms with Crippen molar-refractivity contribution in [1.29, 1.82) is 0 Å². The fraction of sp³-hybridized carbons (Fsp3) is 0.200. The summed E-state index contributed by atoms with van der Waals surface area (Å²) >= 11 is 10.1. The molecule has 0 amide bonds. The van der Waals surface area contributed by atoms with E-state index in [4.69, 9.17) is 16.3 Å². The maximum Gasteiger partial charge on any atom is 0.327 e. The Morgan fingerprint density at radius 3 is 2.67 bits per heavy atom. The van der Waals surface area contributed by atoms with Crippen molar-refractivity contribution in [2.24, 2.45) is 0 Å². The van der Waals surface area contributed by atoms with Gasteiger partial charge >= 0.3 is 5.97 Å². The van der Waals surface area contributed by atoms with Crippen molar-refractivity contribution in [2.45, 2.75) is 12.6 Å². The summed E-state index contributed by atoms with van der Waals surface area (Å²) < 4.78 is 8.02. The predicted octanol–water partition coefficient (Wildman–Crippen LogP) is 3.07. The third kappa shape index (κ3) is 3.34. The highest BCUT2D eigenvalue weighted by atomic mass is 35.5. The fourth-order valence-electron chi connectivity index (χ4n) is 3.41. The Morgan fingerprint density at radius 1 is 1.30 bits per heavy atom. The minimum absolute atomic E-state index is 0.0170. The number of hydrogen-bond acceptors (Lipinski definition) is 6. The van der Waals surface area contributed by atoms with Crippen molar-refractivity contribution in [3.05, 3.63) is 63.8 Å². The molecule has 0 aliphatic carbocycles. The number of methoxy groups -OCH3 is 1. The van der Waals surface area contributed by atoms with E-state index in [2.05, 4.69) is 22.7 Å². The van der Waals surface area contributed by atoms with Crippen molar-refractivity contribution in [3.8, 4) is 11.1 Å². The summed E-state index contributed by atoms with van der Waals surface area (Å²) in [4.78, 5) is 28.9. The normalized spacial score (nSPS) is 12.5. The third-order valence-electron chi connectivity index (χ3n) is 4.82. The molecule has 1 N–H and O–H groups in total. The lowest BCUT2D eigenvalue weighted by molar-refractivity contribution is -0.140. The second kappa shape index (κ2) is 8.10. The van der Waals surface area contributed by atoms with E-state index >= 15 is 0 Å². The number of thiol groups is 1. The first-order chi connectivity index (χ1) is 14.5. The molecule has 3 aromatic heterocycles. The summed E-state index contributed by atoms with van der Waals surface area (Å²) in [5, 5.41) is 14.9. The minimum Gasteiger partial charge on any atom is -0.480 e. The molecular weight excluding hydrogens is 428 g/mol. The molecule has 0 aliphatic rings. The van der Waals surface area contributed by atoms with Crippen LogP contribution in [-0.4, -0.2) is 43.1 Å². The van der Waals surface area contributed by atoms with Crippen LogP contribution in [0.3, 0.4) is 0 Å². The Morgan fingerprint density at radius 2 is 2.03 bits per heavy atom. The highest BCUT2D eigenvalue weighted by molar-refractivity contribution is 7.80. The van der Waals surface area contributed by atoms with Crippen molar-refractivity contribution in [3.63, 3.8) is 0 Å². The van der Waals surface area contributed by atoms with Crippen molar-refractivity contribution < 1.29 is 14.6 Å². The number of benzene rings is 1. The van der Waals surface area contributed by atoms with Gasteiger partial charge in [0.1, 0.15) is 6.04 Å². The Kier molecular flexibility index (Phi) is 5.50. The molecule has 0 fully saturated rings. The van der Waals surface area contributed by atoms with Gasteiger partial charge in [-0.05, 0) is 23.8 Å². The van der Waals surface area contributed by atoms with Gasteiger partial charge in [-0.25, -0.2) is 14.3 Å². The molecule has 0 spiro atoms. The molecule has 1 atom stereocenters. The Hall–Kier alpha value is -2.88. The lowest BCUT2D eigenvalue weighted by Crippen LogP contribution is -2.31. The third-order valence-corrected chi connectivity index (χ3v) is 5.42. The first-order valence-electron chi connectivity index (χ1n) is 8.96. The second-order valence-electron chi connectivity index (χ2n) is 6.62. The van der Waals surface area contributed by atoms with Gasteiger partial charge in [0.15, 0.2) is 5.65 Å². The van der Waals surface area contributed by atoms with Crippen LogP contribution < -0.4 is 5.56 Å². The van der Waals surface area contributed by atoms with Crippen molar-refractivity contribution in [1.82, 2.24) is 19.2 Å². The maximum atomic E-state index is 12.9. The molecule has 0 aliphatic heterocycles. The zero-order valence-electron chi connectivity index (χ0n) is 15.8. The van der Waals surface area contributed by atoms with Crippen molar-refractivity contribution in [2.75, 3.05) is 12.9 Å². The molecule has 0 bridgehead atoms. The fourth-order valence-corrected chi connectivity index (χ4v) is 3.87. The van der Waals surface area contributed by atoms with E-state index in [1.165, 1.54) is 12.4 Å². The zero-order valence-corrected chi connectivity index (χ0v) is 17.5. The molecule has 0 saturated carbocycles. The average Bonchev–Trinajstić information content (AvgIpc) is 3.09. The number of fused-ring (bicyclic) bond motifs is 3. The molecule has 10 heteroatoms. The summed E-state index contributed by atoms with van der Waals surface area (Å²) in [5.41, 5.74) is 2.89. The SMILES string of the molecule is COCc1nn2c(ncc3c(=O)n(C(CS)C(=O)O)ccc32)c1-c1ccc(Cl)cc1. The predicted molar refractivity (Wildman–Crippen MR) is 116 cm³/mol. The van der Waals surface area contributed by atoms with E-state index < -0.39 is 17.6 Å². The number of halogens is 1. The van der Waals surface area contributed by atoms with E-state index in [0.717, 1.165) is 15.7 Å². The Balaban J connectivity index is 2.00. The van der Waals surface area contributed by atoms with Gasteiger partial charge in [-0.15, -0.1) is 0 Å².